The van der Waals surface area contributed by atoms with Crippen molar-refractivity contribution < 1.29 is 9.90 Å². The number of carbonyl (C=O) groups excluding carboxylic acids is 1. The summed E-state index contributed by atoms with van der Waals surface area (Å²) in [5, 5.41) is 18.7. The molecule has 1 heterocycles. The third-order valence-electron chi connectivity index (χ3n) is 4.92. The number of likely N-dealkylation sites (tertiary alicyclic amines) is 1. The predicted molar refractivity (Wildman–Crippen MR) is 76.8 cm³/mol. The summed E-state index contributed by atoms with van der Waals surface area (Å²) in [5.74, 6) is 0.462. The molecule has 1 aliphatic carbocycles. The van der Waals surface area contributed by atoms with Gasteiger partial charge in [0.05, 0.1) is 6.07 Å². The average molecular weight is 278 g/mol. The molecular formula is C16H26N2O2. The monoisotopic (exact) mass is 278 g/mol. The van der Waals surface area contributed by atoms with E-state index in [9.17, 15) is 10.1 Å². The fourth-order valence-corrected chi connectivity index (χ4v) is 3.68. The van der Waals surface area contributed by atoms with Crippen molar-refractivity contribution in [1.29, 1.82) is 5.26 Å². The van der Waals surface area contributed by atoms with Gasteiger partial charge in [0.25, 0.3) is 0 Å². The molecule has 1 aliphatic heterocycles. The molecular weight excluding hydrogens is 252 g/mol. The van der Waals surface area contributed by atoms with E-state index in [1.165, 1.54) is 0 Å². The average Bonchev–Trinajstić information content (AvgIpc) is 2.73. The van der Waals surface area contributed by atoms with Gasteiger partial charge in [-0.2, -0.15) is 5.26 Å². The molecule has 112 valence electrons. The summed E-state index contributed by atoms with van der Waals surface area (Å²) < 4.78 is 0. The minimum absolute atomic E-state index is 0.0598. The highest BCUT2D eigenvalue weighted by Gasteiger charge is 2.42. The fourth-order valence-electron chi connectivity index (χ4n) is 3.68. The van der Waals surface area contributed by atoms with E-state index in [0.717, 1.165) is 70.9 Å². The maximum atomic E-state index is 12.8. The molecule has 1 atom stereocenters. The molecule has 1 unspecified atom stereocenters. The highest BCUT2D eigenvalue weighted by atomic mass is 16.3. The summed E-state index contributed by atoms with van der Waals surface area (Å²) >= 11 is 0. The lowest BCUT2D eigenvalue weighted by molar-refractivity contribution is -0.141. The van der Waals surface area contributed by atoms with E-state index in [2.05, 4.69) is 6.07 Å². The second kappa shape index (κ2) is 7.08. The first-order valence-corrected chi connectivity index (χ1v) is 8.03. The third kappa shape index (κ3) is 3.32. The summed E-state index contributed by atoms with van der Waals surface area (Å²) in [4.78, 5) is 14.8. The maximum Gasteiger partial charge on any atom is 0.243 e. The molecule has 4 heteroatoms. The zero-order valence-electron chi connectivity index (χ0n) is 12.3. The number of aliphatic hydroxyl groups excluding tert-OH is 1. The Morgan fingerprint density at radius 3 is 2.55 bits per heavy atom. The topological polar surface area (TPSA) is 64.3 Å². The number of aliphatic hydroxyl groups is 1. The van der Waals surface area contributed by atoms with Crippen molar-refractivity contribution in [3.05, 3.63) is 0 Å². The Morgan fingerprint density at radius 2 is 1.95 bits per heavy atom. The van der Waals surface area contributed by atoms with Gasteiger partial charge in [0.2, 0.25) is 5.91 Å². The van der Waals surface area contributed by atoms with Crippen LogP contribution in [0.15, 0.2) is 0 Å². The first-order valence-electron chi connectivity index (χ1n) is 8.03. The van der Waals surface area contributed by atoms with Crippen LogP contribution in [0.5, 0.6) is 0 Å². The van der Waals surface area contributed by atoms with E-state index in [-0.39, 0.29) is 12.5 Å². The Hall–Kier alpha value is -1.08. The van der Waals surface area contributed by atoms with Crippen LogP contribution in [-0.2, 0) is 4.79 Å². The molecule has 0 aromatic heterocycles. The molecule has 0 aromatic rings. The van der Waals surface area contributed by atoms with E-state index in [0.29, 0.717) is 5.92 Å². The zero-order valence-corrected chi connectivity index (χ0v) is 12.3. The van der Waals surface area contributed by atoms with Crippen LogP contribution in [0.1, 0.15) is 57.8 Å². The largest absolute Gasteiger partial charge is 0.396 e. The highest BCUT2D eigenvalue weighted by Crippen LogP contribution is 2.37. The van der Waals surface area contributed by atoms with Crippen LogP contribution in [0, 0.1) is 22.7 Å². The van der Waals surface area contributed by atoms with Crippen LogP contribution in [0.25, 0.3) is 0 Å². The quantitative estimate of drug-likeness (QED) is 0.807. The molecule has 1 saturated carbocycles. The van der Waals surface area contributed by atoms with Crippen LogP contribution in [0.3, 0.4) is 0 Å². The van der Waals surface area contributed by atoms with Crippen molar-refractivity contribution in [3.63, 3.8) is 0 Å². The van der Waals surface area contributed by atoms with Gasteiger partial charge in [0.1, 0.15) is 5.41 Å². The molecule has 1 saturated heterocycles. The lowest BCUT2D eigenvalue weighted by atomic mass is 9.79. The first kappa shape index (κ1) is 15.3. The zero-order chi connectivity index (χ0) is 14.4. The molecule has 20 heavy (non-hydrogen) atoms. The van der Waals surface area contributed by atoms with Crippen molar-refractivity contribution in [1.82, 2.24) is 4.90 Å². The maximum absolute atomic E-state index is 12.8. The van der Waals surface area contributed by atoms with E-state index in [1.807, 2.05) is 4.90 Å². The third-order valence-corrected chi connectivity index (χ3v) is 4.92. The summed E-state index contributed by atoms with van der Waals surface area (Å²) in [5.41, 5.74) is -0.766. The van der Waals surface area contributed by atoms with Gasteiger partial charge in [-0.3, -0.25) is 4.79 Å². The van der Waals surface area contributed by atoms with Crippen molar-refractivity contribution in [2.75, 3.05) is 19.7 Å². The van der Waals surface area contributed by atoms with Crippen molar-refractivity contribution in [3.8, 4) is 6.07 Å². The molecule has 0 bridgehead atoms. The SMILES string of the molecule is N#CC1(C(=O)N2CCCC(CCO)C2)CCCCCC1. The molecule has 0 spiro atoms. The Balaban J connectivity index is 2.05. The normalized spacial score (nSPS) is 26.6. The van der Waals surface area contributed by atoms with E-state index in [1.54, 1.807) is 0 Å². The number of nitriles is 1. The summed E-state index contributed by atoms with van der Waals surface area (Å²) in [6, 6.07) is 2.36. The molecule has 4 nitrogen and oxygen atoms in total. The molecule has 0 radical (unpaired) electrons. The smallest absolute Gasteiger partial charge is 0.243 e. The number of hydrogen-bond acceptors (Lipinski definition) is 3. The van der Waals surface area contributed by atoms with Gasteiger partial charge < -0.3 is 10.0 Å². The fraction of sp³-hybridized carbons (Fsp3) is 0.875. The Labute approximate surface area is 121 Å². The molecule has 2 aliphatic rings. The first-order chi connectivity index (χ1) is 9.72. The number of piperidine rings is 1. The van der Waals surface area contributed by atoms with Crippen LogP contribution >= 0.6 is 0 Å². The second-order valence-electron chi connectivity index (χ2n) is 6.38. The van der Waals surface area contributed by atoms with Crippen LogP contribution < -0.4 is 0 Å². The number of nitrogens with zero attached hydrogens (tertiary/aromatic N) is 2. The summed E-state index contributed by atoms with van der Waals surface area (Å²) in [6.45, 7) is 1.70. The molecule has 2 rings (SSSR count). The van der Waals surface area contributed by atoms with E-state index in [4.69, 9.17) is 5.11 Å². The molecule has 2 fully saturated rings. The molecule has 0 aromatic carbocycles. The van der Waals surface area contributed by atoms with Crippen LogP contribution in [0.4, 0.5) is 0 Å². The minimum atomic E-state index is -0.766. The van der Waals surface area contributed by atoms with Crippen LogP contribution in [-0.4, -0.2) is 35.6 Å². The second-order valence-corrected chi connectivity index (χ2v) is 6.38. The Bertz CT molecular complexity index is 365. The van der Waals surface area contributed by atoms with Gasteiger partial charge in [-0.1, -0.05) is 25.7 Å². The van der Waals surface area contributed by atoms with Crippen molar-refractivity contribution in [2.45, 2.75) is 57.8 Å². The van der Waals surface area contributed by atoms with Crippen LogP contribution in [0.2, 0.25) is 0 Å². The number of carbonyl (C=O) groups is 1. The summed E-state index contributed by atoms with van der Waals surface area (Å²) in [6.07, 6.45) is 8.58. The molecule has 1 amide bonds. The minimum Gasteiger partial charge on any atom is -0.396 e. The standard InChI is InChI=1S/C16H26N2O2/c17-13-16(8-3-1-2-4-9-16)15(20)18-10-5-6-14(12-18)7-11-19/h14,19H,1-12H2. The van der Waals surface area contributed by atoms with Crippen molar-refractivity contribution in [2.24, 2.45) is 11.3 Å². The number of amides is 1. The lowest BCUT2D eigenvalue weighted by Crippen LogP contribution is -2.47. The van der Waals surface area contributed by atoms with E-state index < -0.39 is 5.41 Å². The Kier molecular flexibility index (Phi) is 5.42. The molecule has 1 N–H and O–H groups in total. The van der Waals surface area contributed by atoms with Gasteiger partial charge >= 0.3 is 0 Å². The predicted octanol–water partition coefficient (Wildman–Crippen LogP) is 2.47. The highest BCUT2D eigenvalue weighted by molar-refractivity contribution is 5.85. The van der Waals surface area contributed by atoms with Gasteiger partial charge in [-0.15, -0.1) is 0 Å². The van der Waals surface area contributed by atoms with Crippen molar-refractivity contribution >= 4 is 5.91 Å². The lowest BCUT2D eigenvalue weighted by Gasteiger charge is -2.37. The Morgan fingerprint density at radius 1 is 1.25 bits per heavy atom. The number of hydrogen-bond donors (Lipinski definition) is 1. The van der Waals surface area contributed by atoms with E-state index >= 15 is 0 Å². The van der Waals surface area contributed by atoms with Gasteiger partial charge in [-0.05, 0) is 38.0 Å². The van der Waals surface area contributed by atoms with Gasteiger partial charge in [0.15, 0.2) is 0 Å². The number of rotatable bonds is 3. The van der Waals surface area contributed by atoms with Gasteiger partial charge in [-0.25, -0.2) is 0 Å². The van der Waals surface area contributed by atoms with Gasteiger partial charge in [0, 0.05) is 19.7 Å². The summed E-state index contributed by atoms with van der Waals surface area (Å²) in [7, 11) is 0.